The van der Waals surface area contributed by atoms with E-state index in [1.54, 1.807) is 13.1 Å². The maximum atomic E-state index is 14.9. The molecule has 0 spiro atoms. The number of rotatable bonds is 4. The third-order valence-corrected chi connectivity index (χ3v) is 5.58. The zero-order chi connectivity index (χ0) is 18.2. The molecule has 0 aromatic carbocycles. The molecule has 0 saturated carbocycles. The van der Waals surface area contributed by atoms with Crippen molar-refractivity contribution in [1.29, 1.82) is 0 Å². The van der Waals surface area contributed by atoms with E-state index in [9.17, 15) is 4.39 Å². The van der Waals surface area contributed by atoms with E-state index in [-0.39, 0.29) is 5.73 Å². The minimum absolute atomic E-state index is 0.390. The first-order valence-corrected chi connectivity index (χ1v) is 9.02. The Bertz CT molecular complexity index is 635. The highest BCUT2D eigenvalue weighted by Crippen LogP contribution is 2.40. The van der Waals surface area contributed by atoms with E-state index < -0.39 is 18.3 Å². The Hall–Kier alpha value is -1.18. The summed E-state index contributed by atoms with van der Waals surface area (Å²) in [5, 5.41) is 4.38. The topological polar surface area (TPSA) is 45.5 Å². The molecule has 25 heavy (non-hydrogen) atoms. The van der Waals surface area contributed by atoms with Crippen LogP contribution in [-0.4, -0.2) is 41.3 Å². The van der Waals surface area contributed by atoms with Gasteiger partial charge >= 0.3 is 7.12 Å². The molecule has 1 aromatic rings. The van der Waals surface area contributed by atoms with E-state index in [4.69, 9.17) is 14.0 Å². The van der Waals surface area contributed by atoms with Crippen molar-refractivity contribution >= 4 is 12.7 Å². The fourth-order valence-electron chi connectivity index (χ4n) is 3.13. The van der Waals surface area contributed by atoms with Crippen LogP contribution >= 0.6 is 0 Å². The van der Waals surface area contributed by atoms with Crippen molar-refractivity contribution < 1.29 is 18.4 Å². The molecule has 2 fully saturated rings. The maximum Gasteiger partial charge on any atom is 0.525 e. The van der Waals surface area contributed by atoms with Crippen molar-refractivity contribution in [2.24, 2.45) is 5.92 Å². The van der Waals surface area contributed by atoms with E-state index >= 15 is 0 Å². The van der Waals surface area contributed by atoms with Crippen LogP contribution in [0.2, 0.25) is 0 Å². The molecular weight excluding hydrogens is 322 g/mol. The van der Waals surface area contributed by atoms with Crippen molar-refractivity contribution in [3.63, 3.8) is 0 Å². The van der Waals surface area contributed by atoms with E-state index in [1.807, 2.05) is 38.6 Å². The molecule has 1 atom stereocenters. The molecule has 0 bridgehead atoms. The number of nitrogens with zero attached hydrogens (tertiary/aromatic N) is 2. The molecular formula is C18H28BFN2O3. The van der Waals surface area contributed by atoms with Gasteiger partial charge in [0, 0.05) is 30.8 Å². The highest BCUT2D eigenvalue weighted by atomic mass is 19.1. The predicted octanol–water partition coefficient (Wildman–Crippen LogP) is 3.64. The van der Waals surface area contributed by atoms with Gasteiger partial charge in [-0.1, -0.05) is 0 Å². The smallest absolute Gasteiger partial charge is 0.398 e. The predicted molar refractivity (Wildman–Crippen MR) is 95.6 cm³/mol. The first-order chi connectivity index (χ1) is 11.7. The first-order valence-electron chi connectivity index (χ1n) is 9.02. The van der Waals surface area contributed by atoms with Gasteiger partial charge < -0.3 is 14.0 Å². The van der Waals surface area contributed by atoms with E-state index in [2.05, 4.69) is 5.10 Å². The highest BCUT2D eigenvalue weighted by Gasteiger charge is 2.53. The molecule has 0 amide bonds. The van der Waals surface area contributed by atoms with E-state index in [0.29, 0.717) is 11.5 Å². The summed E-state index contributed by atoms with van der Waals surface area (Å²) in [5.74, 6) is 0.471. The molecule has 138 valence electrons. The molecule has 2 aliphatic heterocycles. The third-order valence-electron chi connectivity index (χ3n) is 5.58. The van der Waals surface area contributed by atoms with Gasteiger partial charge in [-0.05, 0) is 53.0 Å². The average molecular weight is 350 g/mol. The Morgan fingerprint density at radius 2 is 2.00 bits per heavy atom. The second kappa shape index (κ2) is 6.85. The summed E-state index contributed by atoms with van der Waals surface area (Å²) in [5.41, 5.74) is -0.242. The van der Waals surface area contributed by atoms with Gasteiger partial charge in [-0.3, -0.25) is 4.68 Å². The van der Waals surface area contributed by atoms with Crippen molar-refractivity contribution in [1.82, 2.24) is 9.78 Å². The van der Waals surface area contributed by atoms with Gasteiger partial charge in [0.1, 0.15) is 5.73 Å². The van der Waals surface area contributed by atoms with Gasteiger partial charge in [0.05, 0.1) is 24.0 Å². The van der Waals surface area contributed by atoms with Gasteiger partial charge in [0.2, 0.25) is 0 Å². The van der Waals surface area contributed by atoms with Gasteiger partial charge in [0.25, 0.3) is 0 Å². The van der Waals surface area contributed by atoms with Crippen LogP contribution in [0.15, 0.2) is 18.1 Å². The quantitative estimate of drug-likeness (QED) is 0.778. The van der Waals surface area contributed by atoms with Crippen LogP contribution in [-0.2, 0) is 20.6 Å². The monoisotopic (exact) mass is 350 g/mol. The van der Waals surface area contributed by atoms with Crippen LogP contribution in [0, 0.1) is 5.92 Å². The first kappa shape index (κ1) is 18.6. The zero-order valence-corrected chi connectivity index (χ0v) is 15.8. The fraction of sp³-hybridized carbons (Fsp3) is 0.722. The second-order valence-electron chi connectivity index (χ2n) is 8.10. The molecule has 1 unspecified atom stereocenters. The third kappa shape index (κ3) is 3.83. The van der Waals surface area contributed by atoms with Gasteiger partial charge in [0.15, 0.2) is 0 Å². The van der Waals surface area contributed by atoms with Crippen LogP contribution in [0.25, 0.3) is 5.57 Å². The summed E-state index contributed by atoms with van der Waals surface area (Å²) < 4.78 is 33.9. The molecule has 2 saturated heterocycles. The lowest BCUT2D eigenvalue weighted by atomic mass is 9.84. The molecule has 2 aliphatic rings. The molecule has 5 nitrogen and oxygen atoms in total. The molecule has 3 rings (SSSR count). The van der Waals surface area contributed by atoms with Crippen molar-refractivity contribution in [2.75, 3.05) is 13.2 Å². The Balaban J connectivity index is 1.71. The van der Waals surface area contributed by atoms with Crippen LogP contribution < -0.4 is 0 Å². The molecule has 7 heteroatoms. The van der Waals surface area contributed by atoms with E-state index in [1.165, 1.54) is 0 Å². The summed E-state index contributed by atoms with van der Waals surface area (Å²) in [6, 6.07) is 0. The van der Waals surface area contributed by atoms with Crippen LogP contribution in [0.1, 0.15) is 53.0 Å². The summed E-state index contributed by atoms with van der Waals surface area (Å²) in [6.45, 7) is 11.8. The summed E-state index contributed by atoms with van der Waals surface area (Å²) in [6.07, 6.45) is 5.82. The molecule has 1 aromatic heterocycles. The number of halogens is 1. The van der Waals surface area contributed by atoms with E-state index in [0.717, 1.165) is 38.2 Å². The summed E-state index contributed by atoms with van der Waals surface area (Å²) in [7, 11) is -0.972. The number of aromatic nitrogens is 2. The minimum Gasteiger partial charge on any atom is -0.398 e. The van der Waals surface area contributed by atoms with Crippen LogP contribution in [0.4, 0.5) is 4.39 Å². The van der Waals surface area contributed by atoms with Crippen LogP contribution in [0.5, 0.6) is 0 Å². The minimum atomic E-state index is -0.972. The number of allylic oxidation sites excluding steroid dienone is 1. The molecule has 0 aliphatic carbocycles. The number of hydrogen-bond acceptors (Lipinski definition) is 4. The Kier molecular flexibility index (Phi) is 5.10. The van der Waals surface area contributed by atoms with Crippen molar-refractivity contribution in [3.8, 4) is 0 Å². The van der Waals surface area contributed by atoms with Crippen LogP contribution in [0.3, 0.4) is 0 Å². The largest absolute Gasteiger partial charge is 0.525 e. The molecule has 0 N–H and O–H groups in total. The summed E-state index contributed by atoms with van der Waals surface area (Å²) >= 11 is 0. The number of ether oxygens (including phenoxy) is 1. The van der Waals surface area contributed by atoms with Gasteiger partial charge in [-0.15, -0.1) is 0 Å². The Morgan fingerprint density at radius 3 is 2.60 bits per heavy atom. The lowest BCUT2D eigenvalue weighted by molar-refractivity contribution is 0.00578. The summed E-state index contributed by atoms with van der Waals surface area (Å²) in [4.78, 5) is 0. The SMILES string of the molecule is CC(=C(F)B1OC(C)(C)C(C)(C)O1)c1cnn(CC2CCCOC2)c1. The molecule has 3 heterocycles. The van der Waals surface area contributed by atoms with Gasteiger partial charge in [-0.25, -0.2) is 4.39 Å². The normalized spacial score (nSPS) is 26.6. The Labute approximate surface area is 149 Å². The lowest BCUT2D eigenvalue weighted by Gasteiger charge is -2.32. The average Bonchev–Trinajstić information content (AvgIpc) is 3.09. The van der Waals surface area contributed by atoms with Crippen molar-refractivity contribution in [3.05, 3.63) is 23.7 Å². The maximum absolute atomic E-state index is 14.9. The molecule has 0 radical (unpaired) electrons. The lowest BCUT2D eigenvalue weighted by Crippen LogP contribution is -2.41. The van der Waals surface area contributed by atoms with Crippen molar-refractivity contribution in [2.45, 2.75) is 65.2 Å². The zero-order valence-electron chi connectivity index (χ0n) is 15.8. The second-order valence-corrected chi connectivity index (χ2v) is 8.10. The highest BCUT2D eigenvalue weighted by molar-refractivity contribution is 6.55. The Morgan fingerprint density at radius 1 is 1.32 bits per heavy atom. The number of hydrogen-bond donors (Lipinski definition) is 0. The van der Waals surface area contributed by atoms with Gasteiger partial charge in [-0.2, -0.15) is 5.10 Å². The standard InChI is InChI=1S/C18H28BFN2O3/c1-13(16(20)19-24-17(2,3)18(4,5)25-19)15-9-21-22(11-15)10-14-7-6-8-23-12-14/h9,11,14H,6-8,10,12H2,1-5H3. The fourth-order valence-corrected chi connectivity index (χ4v) is 3.13.